The first kappa shape index (κ1) is 15.6. The lowest BCUT2D eigenvalue weighted by molar-refractivity contribution is 0.271. The Hall–Kier alpha value is -1.81. The molecule has 0 unspecified atom stereocenters. The van der Waals surface area contributed by atoms with E-state index in [0.717, 1.165) is 25.4 Å². The number of benzene rings is 1. The minimum Gasteiger partial charge on any atom is -0.493 e. The van der Waals surface area contributed by atoms with E-state index in [1.54, 1.807) is 0 Å². The molecule has 0 bridgehead atoms. The van der Waals surface area contributed by atoms with Crippen LogP contribution in [0.2, 0.25) is 0 Å². The lowest BCUT2D eigenvalue weighted by atomic mass is 10.2. The second-order valence-corrected chi connectivity index (χ2v) is 5.83. The van der Waals surface area contributed by atoms with Crippen LogP contribution in [0.15, 0.2) is 30.5 Å². The molecule has 0 aliphatic carbocycles. The van der Waals surface area contributed by atoms with Crippen LogP contribution in [0, 0.1) is 12.8 Å². The second-order valence-electron chi connectivity index (χ2n) is 5.83. The van der Waals surface area contributed by atoms with Gasteiger partial charge >= 0.3 is 0 Å². The van der Waals surface area contributed by atoms with Crippen molar-refractivity contribution in [3.8, 4) is 5.75 Å². The first-order valence-electron chi connectivity index (χ1n) is 7.46. The van der Waals surface area contributed by atoms with Crippen LogP contribution in [0.3, 0.4) is 0 Å². The van der Waals surface area contributed by atoms with Crippen LogP contribution >= 0.6 is 0 Å². The molecule has 4 nitrogen and oxygen atoms in total. The van der Waals surface area contributed by atoms with E-state index >= 15 is 0 Å². The summed E-state index contributed by atoms with van der Waals surface area (Å²) in [4.78, 5) is 0. The van der Waals surface area contributed by atoms with Gasteiger partial charge in [-0.3, -0.25) is 4.68 Å². The number of rotatable bonds is 7. The fraction of sp³-hybridized carbons (Fsp3) is 0.471. The average Bonchev–Trinajstić information content (AvgIpc) is 2.78. The molecule has 1 aromatic heterocycles. The summed E-state index contributed by atoms with van der Waals surface area (Å²) in [5, 5.41) is 7.70. The normalized spacial score (nSPS) is 11.1. The first-order chi connectivity index (χ1) is 10.1. The van der Waals surface area contributed by atoms with Crippen LogP contribution in [0.1, 0.15) is 30.7 Å². The van der Waals surface area contributed by atoms with E-state index in [1.807, 2.05) is 30.1 Å². The van der Waals surface area contributed by atoms with Gasteiger partial charge in [0.2, 0.25) is 0 Å². The monoisotopic (exact) mass is 287 g/mol. The van der Waals surface area contributed by atoms with Crippen LogP contribution in [0.5, 0.6) is 5.75 Å². The largest absolute Gasteiger partial charge is 0.493 e. The molecule has 0 aliphatic heterocycles. The Morgan fingerprint density at radius 2 is 1.90 bits per heavy atom. The molecule has 1 heterocycles. The summed E-state index contributed by atoms with van der Waals surface area (Å²) in [5.74, 6) is 1.49. The van der Waals surface area contributed by atoms with Crippen molar-refractivity contribution in [3.05, 3.63) is 47.3 Å². The standard InChI is InChI=1S/C17H25N3O/c1-13(2)12-21-17-7-5-15(6-8-17)9-18-10-16-11-19-20(4)14(16)3/h5-8,11,13,18H,9-10,12H2,1-4H3. The Bertz CT molecular complexity index is 558. The van der Waals surface area contributed by atoms with Gasteiger partial charge in [-0.1, -0.05) is 26.0 Å². The predicted molar refractivity (Wildman–Crippen MR) is 85.3 cm³/mol. The summed E-state index contributed by atoms with van der Waals surface area (Å²) >= 11 is 0. The van der Waals surface area contributed by atoms with Crippen molar-refractivity contribution in [1.82, 2.24) is 15.1 Å². The molecule has 2 rings (SSSR count). The zero-order valence-corrected chi connectivity index (χ0v) is 13.4. The topological polar surface area (TPSA) is 39.1 Å². The molecule has 0 fully saturated rings. The molecule has 4 heteroatoms. The van der Waals surface area contributed by atoms with Gasteiger partial charge in [0.1, 0.15) is 5.75 Å². The summed E-state index contributed by atoms with van der Waals surface area (Å²) in [6, 6.07) is 8.29. The minimum absolute atomic E-state index is 0.550. The number of nitrogens with zero attached hydrogens (tertiary/aromatic N) is 2. The van der Waals surface area contributed by atoms with Crippen molar-refractivity contribution in [2.75, 3.05) is 6.61 Å². The third-order valence-electron chi connectivity index (χ3n) is 3.49. The Kier molecular flexibility index (Phi) is 5.39. The lowest BCUT2D eigenvalue weighted by Gasteiger charge is -2.09. The molecule has 2 aromatic rings. The summed E-state index contributed by atoms with van der Waals surface area (Å²) in [6.07, 6.45) is 1.92. The van der Waals surface area contributed by atoms with Crippen molar-refractivity contribution in [1.29, 1.82) is 0 Å². The van der Waals surface area contributed by atoms with E-state index in [9.17, 15) is 0 Å². The van der Waals surface area contributed by atoms with Crippen LogP contribution < -0.4 is 10.1 Å². The Balaban J connectivity index is 1.79. The van der Waals surface area contributed by atoms with Gasteiger partial charge in [-0.15, -0.1) is 0 Å². The zero-order chi connectivity index (χ0) is 15.2. The minimum atomic E-state index is 0.550. The second kappa shape index (κ2) is 7.27. The van der Waals surface area contributed by atoms with Crippen molar-refractivity contribution >= 4 is 0 Å². The third-order valence-corrected chi connectivity index (χ3v) is 3.49. The van der Waals surface area contributed by atoms with Crippen molar-refractivity contribution in [2.45, 2.75) is 33.9 Å². The Morgan fingerprint density at radius 1 is 1.19 bits per heavy atom. The fourth-order valence-corrected chi connectivity index (χ4v) is 2.03. The third kappa shape index (κ3) is 4.60. The van der Waals surface area contributed by atoms with Gasteiger partial charge in [-0.2, -0.15) is 5.10 Å². The fourth-order valence-electron chi connectivity index (χ4n) is 2.03. The summed E-state index contributed by atoms with van der Waals surface area (Å²) in [5.41, 5.74) is 3.71. The predicted octanol–water partition coefficient (Wildman–Crippen LogP) is 3.05. The van der Waals surface area contributed by atoms with Crippen molar-refractivity contribution in [3.63, 3.8) is 0 Å². The molecule has 1 N–H and O–H groups in total. The summed E-state index contributed by atoms with van der Waals surface area (Å²) in [7, 11) is 1.97. The highest BCUT2D eigenvalue weighted by Crippen LogP contribution is 2.13. The molecule has 0 radical (unpaired) electrons. The van der Waals surface area contributed by atoms with Gasteiger partial charge in [-0.05, 0) is 30.5 Å². The molecule has 0 amide bonds. The molecule has 0 aliphatic rings. The Morgan fingerprint density at radius 3 is 2.48 bits per heavy atom. The number of hydrogen-bond acceptors (Lipinski definition) is 3. The number of nitrogens with one attached hydrogen (secondary N) is 1. The number of ether oxygens (including phenoxy) is 1. The molecular weight excluding hydrogens is 262 g/mol. The van der Waals surface area contributed by atoms with Gasteiger partial charge in [-0.25, -0.2) is 0 Å². The van der Waals surface area contributed by atoms with E-state index in [4.69, 9.17) is 4.74 Å². The van der Waals surface area contributed by atoms with Gasteiger partial charge in [0.05, 0.1) is 12.8 Å². The average molecular weight is 287 g/mol. The van der Waals surface area contributed by atoms with E-state index in [0.29, 0.717) is 5.92 Å². The van der Waals surface area contributed by atoms with E-state index < -0.39 is 0 Å². The molecule has 0 atom stereocenters. The summed E-state index contributed by atoms with van der Waals surface area (Å²) in [6.45, 7) is 8.84. The SMILES string of the molecule is Cc1c(CNCc2ccc(OCC(C)C)cc2)cnn1C. The highest BCUT2D eigenvalue weighted by atomic mass is 16.5. The maximum absolute atomic E-state index is 5.68. The van der Waals surface area contributed by atoms with Crippen LogP contribution in [-0.2, 0) is 20.1 Å². The molecule has 114 valence electrons. The molecule has 0 saturated heterocycles. The maximum atomic E-state index is 5.68. The quantitative estimate of drug-likeness (QED) is 0.850. The number of aryl methyl sites for hydroxylation is 1. The zero-order valence-electron chi connectivity index (χ0n) is 13.4. The highest BCUT2D eigenvalue weighted by molar-refractivity contribution is 5.27. The molecular formula is C17H25N3O. The lowest BCUT2D eigenvalue weighted by Crippen LogP contribution is -2.13. The molecule has 21 heavy (non-hydrogen) atoms. The number of aromatic nitrogens is 2. The molecule has 1 aromatic carbocycles. The van der Waals surface area contributed by atoms with Crippen LogP contribution in [0.25, 0.3) is 0 Å². The van der Waals surface area contributed by atoms with Crippen LogP contribution in [-0.4, -0.2) is 16.4 Å². The van der Waals surface area contributed by atoms with Gasteiger partial charge in [0.15, 0.2) is 0 Å². The molecule has 0 spiro atoms. The van der Waals surface area contributed by atoms with Gasteiger partial charge in [0, 0.05) is 31.4 Å². The summed E-state index contributed by atoms with van der Waals surface area (Å²) < 4.78 is 7.58. The Labute approximate surface area is 127 Å². The van der Waals surface area contributed by atoms with Crippen molar-refractivity contribution < 1.29 is 4.74 Å². The van der Waals surface area contributed by atoms with Gasteiger partial charge in [0.25, 0.3) is 0 Å². The van der Waals surface area contributed by atoms with Crippen LogP contribution in [0.4, 0.5) is 0 Å². The van der Waals surface area contributed by atoms with E-state index in [1.165, 1.54) is 16.8 Å². The van der Waals surface area contributed by atoms with E-state index in [-0.39, 0.29) is 0 Å². The van der Waals surface area contributed by atoms with Gasteiger partial charge < -0.3 is 10.1 Å². The number of hydrogen-bond donors (Lipinski definition) is 1. The molecule has 0 saturated carbocycles. The maximum Gasteiger partial charge on any atom is 0.119 e. The van der Waals surface area contributed by atoms with Crippen molar-refractivity contribution in [2.24, 2.45) is 13.0 Å². The highest BCUT2D eigenvalue weighted by Gasteiger charge is 2.03. The first-order valence-corrected chi connectivity index (χ1v) is 7.46. The van der Waals surface area contributed by atoms with E-state index in [2.05, 4.69) is 43.3 Å². The smallest absolute Gasteiger partial charge is 0.119 e.